The number of hydrogen-bond acceptors (Lipinski definition) is 3. The van der Waals surface area contributed by atoms with Gasteiger partial charge in [-0.3, -0.25) is 9.10 Å². The number of aryl methyl sites for hydroxylation is 1. The summed E-state index contributed by atoms with van der Waals surface area (Å²) in [4.78, 5) is 12.8. The molecule has 180 valence electrons. The smallest absolute Gasteiger partial charge is 0.251 e. The first-order valence-electron chi connectivity index (χ1n) is 11.4. The topological polar surface area (TPSA) is 66.5 Å². The minimum atomic E-state index is -3.50. The average molecular weight is 479 g/mol. The maximum Gasteiger partial charge on any atom is 0.251 e. The van der Waals surface area contributed by atoms with Crippen LogP contribution in [0.3, 0.4) is 0 Å². The zero-order valence-corrected chi connectivity index (χ0v) is 21.6. The van der Waals surface area contributed by atoms with Crippen LogP contribution in [0.15, 0.2) is 72.8 Å². The van der Waals surface area contributed by atoms with Crippen LogP contribution in [0, 0.1) is 6.92 Å². The van der Waals surface area contributed by atoms with Crippen LogP contribution >= 0.6 is 0 Å². The minimum absolute atomic E-state index is 0.0752. The first kappa shape index (κ1) is 25.5. The van der Waals surface area contributed by atoms with Gasteiger partial charge >= 0.3 is 0 Å². The molecular formula is C28H34N2O3S. The lowest BCUT2D eigenvalue weighted by atomic mass is 9.86. The van der Waals surface area contributed by atoms with Crippen molar-refractivity contribution < 1.29 is 13.2 Å². The van der Waals surface area contributed by atoms with Gasteiger partial charge in [-0.05, 0) is 65.8 Å². The summed E-state index contributed by atoms with van der Waals surface area (Å²) in [5.41, 5.74) is 5.30. The summed E-state index contributed by atoms with van der Waals surface area (Å²) < 4.78 is 26.4. The number of benzene rings is 3. The van der Waals surface area contributed by atoms with Crippen molar-refractivity contribution in [1.82, 2.24) is 5.32 Å². The molecule has 1 N–H and O–H groups in total. The fourth-order valence-corrected chi connectivity index (χ4v) is 4.63. The summed E-state index contributed by atoms with van der Waals surface area (Å²) in [6.45, 7) is 10.7. The third kappa shape index (κ3) is 6.26. The van der Waals surface area contributed by atoms with E-state index in [-0.39, 0.29) is 23.9 Å². The maximum absolute atomic E-state index is 12.8. The van der Waals surface area contributed by atoms with E-state index in [9.17, 15) is 13.2 Å². The lowest BCUT2D eigenvalue weighted by molar-refractivity contribution is 0.0940. The zero-order chi connectivity index (χ0) is 25.1. The molecule has 1 atom stereocenters. The fraction of sp³-hybridized carbons (Fsp3) is 0.321. The van der Waals surface area contributed by atoms with E-state index in [1.807, 2.05) is 50.2 Å². The number of sulfonamides is 1. The Labute approximate surface area is 203 Å². The fourth-order valence-electron chi connectivity index (χ4n) is 3.76. The quantitative estimate of drug-likeness (QED) is 0.470. The summed E-state index contributed by atoms with van der Waals surface area (Å²) in [6, 6.07) is 22.5. The van der Waals surface area contributed by atoms with E-state index in [0.717, 1.165) is 16.7 Å². The second-order valence-corrected chi connectivity index (χ2v) is 11.7. The first-order chi connectivity index (χ1) is 15.9. The molecule has 0 fully saturated rings. The van der Waals surface area contributed by atoms with Crippen LogP contribution < -0.4 is 9.62 Å². The monoisotopic (exact) mass is 478 g/mol. The summed E-state index contributed by atoms with van der Waals surface area (Å²) >= 11 is 0. The Bertz CT molecular complexity index is 1240. The number of carbonyl (C=O) groups is 1. The normalized spacial score (nSPS) is 12.8. The Kier molecular flexibility index (Phi) is 7.51. The van der Waals surface area contributed by atoms with Crippen molar-refractivity contribution in [3.05, 3.63) is 101 Å². The van der Waals surface area contributed by atoms with E-state index in [0.29, 0.717) is 11.3 Å². The molecule has 0 spiro atoms. The molecule has 3 aromatic rings. The molecule has 3 aromatic carbocycles. The van der Waals surface area contributed by atoms with Crippen molar-refractivity contribution in [2.45, 2.75) is 52.6 Å². The van der Waals surface area contributed by atoms with Crippen LogP contribution in [0.2, 0.25) is 0 Å². The number of amides is 1. The molecule has 1 amide bonds. The second kappa shape index (κ2) is 10.0. The summed E-state index contributed by atoms with van der Waals surface area (Å²) in [6.07, 6.45) is 1.19. The van der Waals surface area contributed by atoms with E-state index in [1.54, 1.807) is 24.3 Å². The minimum Gasteiger partial charge on any atom is -0.346 e. The van der Waals surface area contributed by atoms with E-state index in [2.05, 4.69) is 38.2 Å². The number of anilines is 1. The lowest BCUT2D eigenvalue weighted by Gasteiger charge is -2.24. The van der Waals surface area contributed by atoms with Crippen molar-refractivity contribution in [2.75, 3.05) is 10.6 Å². The number of carbonyl (C=O) groups excluding carboxylic acids is 1. The molecule has 0 radical (unpaired) electrons. The molecule has 0 aromatic heterocycles. The Hall–Kier alpha value is -3.12. The van der Waals surface area contributed by atoms with Gasteiger partial charge in [-0.2, -0.15) is 0 Å². The molecule has 0 saturated heterocycles. The van der Waals surface area contributed by atoms with Crippen LogP contribution in [0.1, 0.15) is 66.3 Å². The standard InChI is InChI=1S/C28H34N2O3S/c1-20-9-7-8-10-24(20)19-30(34(6,32)33)26-17-13-23(14-18-26)27(31)29-21(2)22-11-15-25(16-12-22)28(3,4)5/h7-18,21H,19H2,1-6H3,(H,29,31). The molecule has 3 rings (SSSR count). The molecule has 0 aliphatic rings. The Morgan fingerprint density at radius 1 is 0.941 bits per heavy atom. The SMILES string of the molecule is Cc1ccccc1CN(c1ccc(C(=O)NC(C)c2ccc(C(C)(C)C)cc2)cc1)S(C)(=O)=O. The molecule has 0 aliphatic carbocycles. The van der Waals surface area contributed by atoms with Crippen LogP contribution in [-0.4, -0.2) is 20.6 Å². The Morgan fingerprint density at radius 3 is 2.06 bits per heavy atom. The number of hydrogen-bond donors (Lipinski definition) is 1. The van der Waals surface area contributed by atoms with Gasteiger partial charge in [0, 0.05) is 5.56 Å². The van der Waals surface area contributed by atoms with Crippen LogP contribution in [-0.2, 0) is 22.0 Å². The summed E-state index contributed by atoms with van der Waals surface area (Å²) in [7, 11) is -3.50. The van der Waals surface area contributed by atoms with Gasteiger partial charge in [0.2, 0.25) is 10.0 Å². The highest BCUT2D eigenvalue weighted by atomic mass is 32.2. The molecule has 1 unspecified atom stereocenters. The molecule has 0 aliphatic heterocycles. The molecule has 0 heterocycles. The van der Waals surface area contributed by atoms with E-state index < -0.39 is 10.0 Å². The van der Waals surface area contributed by atoms with Crippen molar-refractivity contribution in [3.63, 3.8) is 0 Å². The first-order valence-corrected chi connectivity index (χ1v) is 13.2. The van der Waals surface area contributed by atoms with Crippen LogP contribution in [0.5, 0.6) is 0 Å². The highest BCUT2D eigenvalue weighted by Gasteiger charge is 2.20. The zero-order valence-electron chi connectivity index (χ0n) is 20.8. The third-order valence-corrected chi connectivity index (χ3v) is 7.16. The van der Waals surface area contributed by atoms with E-state index in [4.69, 9.17) is 0 Å². The second-order valence-electron chi connectivity index (χ2n) is 9.81. The van der Waals surface area contributed by atoms with Gasteiger partial charge in [-0.15, -0.1) is 0 Å². The van der Waals surface area contributed by atoms with Gasteiger partial charge in [0.1, 0.15) is 0 Å². The van der Waals surface area contributed by atoms with Crippen molar-refractivity contribution in [2.24, 2.45) is 0 Å². The molecule has 5 nitrogen and oxygen atoms in total. The van der Waals surface area contributed by atoms with Gasteiger partial charge < -0.3 is 5.32 Å². The van der Waals surface area contributed by atoms with Gasteiger partial charge in [0.05, 0.1) is 24.5 Å². The number of nitrogens with zero attached hydrogens (tertiary/aromatic N) is 1. The predicted molar refractivity (Wildman–Crippen MR) is 140 cm³/mol. The molecular weight excluding hydrogens is 444 g/mol. The van der Waals surface area contributed by atoms with E-state index in [1.165, 1.54) is 16.1 Å². The Balaban J connectivity index is 1.74. The van der Waals surface area contributed by atoms with E-state index >= 15 is 0 Å². The van der Waals surface area contributed by atoms with Crippen molar-refractivity contribution in [3.8, 4) is 0 Å². The third-order valence-electron chi connectivity index (χ3n) is 6.02. The molecule has 6 heteroatoms. The summed E-state index contributed by atoms with van der Waals surface area (Å²) in [5.74, 6) is -0.205. The highest BCUT2D eigenvalue weighted by molar-refractivity contribution is 7.92. The molecule has 0 saturated carbocycles. The van der Waals surface area contributed by atoms with Crippen LogP contribution in [0.4, 0.5) is 5.69 Å². The van der Waals surface area contributed by atoms with Gasteiger partial charge in [0.25, 0.3) is 5.91 Å². The Morgan fingerprint density at radius 2 is 1.53 bits per heavy atom. The highest BCUT2D eigenvalue weighted by Crippen LogP contribution is 2.25. The van der Waals surface area contributed by atoms with Gasteiger partial charge in [-0.1, -0.05) is 69.3 Å². The van der Waals surface area contributed by atoms with Gasteiger partial charge in [0.15, 0.2) is 0 Å². The molecule has 0 bridgehead atoms. The van der Waals surface area contributed by atoms with Gasteiger partial charge in [-0.25, -0.2) is 8.42 Å². The largest absolute Gasteiger partial charge is 0.346 e. The maximum atomic E-state index is 12.8. The lowest BCUT2D eigenvalue weighted by Crippen LogP contribution is -2.30. The summed E-state index contributed by atoms with van der Waals surface area (Å²) in [5, 5.41) is 3.03. The number of nitrogens with one attached hydrogen (secondary N) is 1. The average Bonchev–Trinajstić information content (AvgIpc) is 2.77. The van der Waals surface area contributed by atoms with Crippen molar-refractivity contribution in [1.29, 1.82) is 0 Å². The van der Waals surface area contributed by atoms with Crippen LogP contribution in [0.25, 0.3) is 0 Å². The number of rotatable bonds is 7. The molecule has 34 heavy (non-hydrogen) atoms. The predicted octanol–water partition coefficient (Wildman–Crippen LogP) is 5.75. The van der Waals surface area contributed by atoms with Crippen molar-refractivity contribution >= 4 is 21.6 Å².